The average molecular weight is 284 g/mol. The molecule has 0 amide bonds. The molecule has 114 valence electrons. The van der Waals surface area contributed by atoms with Crippen LogP contribution in [0.4, 0.5) is 0 Å². The quantitative estimate of drug-likeness (QED) is 0.634. The molecule has 0 radical (unpaired) electrons. The average Bonchev–Trinajstić information content (AvgIpc) is 2.76. The Morgan fingerprint density at radius 2 is 1.76 bits per heavy atom. The highest BCUT2D eigenvalue weighted by molar-refractivity contribution is 5.41. The predicted octanol–water partition coefficient (Wildman–Crippen LogP) is 4.79. The van der Waals surface area contributed by atoms with Crippen LogP contribution in [0, 0.1) is 22.7 Å². The molecule has 4 aliphatic carbocycles. The van der Waals surface area contributed by atoms with Crippen molar-refractivity contribution in [1.29, 1.82) is 0 Å². The van der Waals surface area contributed by atoms with E-state index in [1.54, 1.807) is 5.57 Å². The molecule has 4 rings (SSSR count). The molecule has 1 heteroatoms. The van der Waals surface area contributed by atoms with Crippen molar-refractivity contribution >= 4 is 0 Å². The Morgan fingerprint density at radius 1 is 1.05 bits per heavy atom. The molecule has 0 heterocycles. The van der Waals surface area contributed by atoms with Crippen LogP contribution in [0.5, 0.6) is 0 Å². The van der Waals surface area contributed by atoms with E-state index in [2.05, 4.69) is 32.6 Å². The van der Waals surface area contributed by atoms with Gasteiger partial charge in [-0.15, -0.1) is 0 Å². The number of aliphatic hydroxyl groups excluding tert-OH is 1. The molecule has 3 fully saturated rings. The summed E-state index contributed by atoms with van der Waals surface area (Å²) < 4.78 is 0. The number of allylic oxidation sites excluding steroid dienone is 4. The summed E-state index contributed by atoms with van der Waals surface area (Å²) >= 11 is 0. The van der Waals surface area contributed by atoms with E-state index in [4.69, 9.17) is 0 Å². The second-order valence-corrected chi connectivity index (χ2v) is 8.38. The summed E-state index contributed by atoms with van der Waals surface area (Å²) in [5.74, 6) is 1.44. The number of hydrogen-bond donors (Lipinski definition) is 1. The predicted molar refractivity (Wildman–Crippen MR) is 86.8 cm³/mol. The molecule has 5 atom stereocenters. The second-order valence-electron chi connectivity index (χ2n) is 8.38. The molecule has 1 N–H and O–H groups in total. The third-order valence-corrected chi connectivity index (χ3v) is 7.50. The van der Waals surface area contributed by atoms with E-state index in [1.165, 1.54) is 36.8 Å². The minimum Gasteiger partial charge on any atom is -0.393 e. The SMILES string of the molecule is C=C1CCC2C3=CC=C4CC(O)CCC4(C)C3CCC12C. The first-order valence-electron chi connectivity index (χ1n) is 8.72. The first-order chi connectivity index (χ1) is 9.95. The second kappa shape index (κ2) is 4.35. The smallest absolute Gasteiger partial charge is 0.0578 e. The topological polar surface area (TPSA) is 20.2 Å². The van der Waals surface area contributed by atoms with Gasteiger partial charge in [0.15, 0.2) is 0 Å². The zero-order valence-electron chi connectivity index (χ0n) is 13.5. The summed E-state index contributed by atoms with van der Waals surface area (Å²) in [4.78, 5) is 0. The van der Waals surface area contributed by atoms with E-state index in [1.807, 2.05) is 0 Å². The van der Waals surface area contributed by atoms with Crippen LogP contribution in [-0.4, -0.2) is 11.2 Å². The minimum absolute atomic E-state index is 0.112. The molecule has 0 saturated heterocycles. The van der Waals surface area contributed by atoms with Crippen LogP contribution in [0.1, 0.15) is 58.8 Å². The molecule has 3 saturated carbocycles. The fourth-order valence-electron chi connectivity index (χ4n) is 5.90. The first kappa shape index (κ1) is 13.8. The zero-order valence-corrected chi connectivity index (χ0v) is 13.5. The van der Waals surface area contributed by atoms with Crippen LogP contribution in [0.2, 0.25) is 0 Å². The van der Waals surface area contributed by atoms with Crippen LogP contribution >= 0.6 is 0 Å². The minimum atomic E-state index is -0.112. The summed E-state index contributed by atoms with van der Waals surface area (Å²) in [6.45, 7) is 9.30. The Bertz CT molecular complexity index is 554. The molecule has 0 aromatic carbocycles. The van der Waals surface area contributed by atoms with Gasteiger partial charge in [0.05, 0.1) is 6.10 Å². The number of fused-ring (bicyclic) bond motifs is 5. The third kappa shape index (κ3) is 1.73. The van der Waals surface area contributed by atoms with Crippen molar-refractivity contribution in [2.75, 3.05) is 0 Å². The van der Waals surface area contributed by atoms with Gasteiger partial charge in [-0.1, -0.05) is 49.3 Å². The van der Waals surface area contributed by atoms with Crippen molar-refractivity contribution in [3.63, 3.8) is 0 Å². The van der Waals surface area contributed by atoms with Gasteiger partial charge < -0.3 is 5.11 Å². The Labute approximate surface area is 128 Å². The van der Waals surface area contributed by atoms with Crippen LogP contribution in [0.25, 0.3) is 0 Å². The number of hydrogen-bond acceptors (Lipinski definition) is 1. The molecule has 0 spiro atoms. The van der Waals surface area contributed by atoms with E-state index >= 15 is 0 Å². The lowest BCUT2D eigenvalue weighted by molar-refractivity contribution is 0.0648. The largest absolute Gasteiger partial charge is 0.393 e. The Hall–Kier alpha value is -0.820. The summed E-state index contributed by atoms with van der Waals surface area (Å²) in [6.07, 6.45) is 12.9. The zero-order chi connectivity index (χ0) is 14.8. The maximum absolute atomic E-state index is 10.0. The maximum atomic E-state index is 10.0. The summed E-state index contributed by atoms with van der Waals surface area (Å²) in [5.41, 5.74) is 5.39. The number of rotatable bonds is 0. The van der Waals surface area contributed by atoms with Crippen molar-refractivity contribution in [3.05, 3.63) is 35.5 Å². The lowest BCUT2D eigenvalue weighted by Crippen LogP contribution is -2.44. The molecule has 21 heavy (non-hydrogen) atoms. The molecular formula is C20H28O. The Balaban J connectivity index is 1.75. The molecule has 5 unspecified atom stereocenters. The third-order valence-electron chi connectivity index (χ3n) is 7.50. The maximum Gasteiger partial charge on any atom is 0.0578 e. The molecule has 4 aliphatic rings. The summed E-state index contributed by atoms with van der Waals surface area (Å²) in [6, 6.07) is 0. The van der Waals surface area contributed by atoms with E-state index in [9.17, 15) is 5.11 Å². The monoisotopic (exact) mass is 284 g/mol. The Kier molecular flexibility index (Phi) is 2.86. The highest BCUT2D eigenvalue weighted by Gasteiger charge is 2.54. The first-order valence-corrected chi connectivity index (χ1v) is 8.72. The van der Waals surface area contributed by atoms with Gasteiger partial charge in [0.25, 0.3) is 0 Å². The molecule has 0 aromatic rings. The van der Waals surface area contributed by atoms with E-state index in [0.29, 0.717) is 16.7 Å². The lowest BCUT2D eigenvalue weighted by atomic mass is 9.51. The number of aliphatic hydroxyl groups is 1. The molecule has 0 bridgehead atoms. The summed E-state index contributed by atoms with van der Waals surface area (Å²) in [5, 5.41) is 10.0. The molecule has 0 aromatic heterocycles. The van der Waals surface area contributed by atoms with Gasteiger partial charge >= 0.3 is 0 Å². The van der Waals surface area contributed by atoms with E-state index in [-0.39, 0.29) is 6.10 Å². The van der Waals surface area contributed by atoms with Gasteiger partial charge in [-0.05, 0) is 67.6 Å². The summed E-state index contributed by atoms with van der Waals surface area (Å²) in [7, 11) is 0. The van der Waals surface area contributed by atoms with Crippen LogP contribution in [0.3, 0.4) is 0 Å². The van der Waals surface area contributed by atoms with E-state index in [0.717, 1.165) is 25.2 Å². The van der Waals surface area contributed by atoms with E-state index < -0.39 is 0 Å². The molecule has 0 aliphatic heterocycles. The molecular weight excluding hydrogens is 256 g/mol. The van der Waals surface area contributed by atoms with Crippen molar-refractivity contribution < 1.29 is 5.11 Å². The lowest BCUT2D eigenvalue weighted by Gasteiger charge is -2.54. The fraction of sp³-hybridized carbons (Fsp3) is 0.700. The van der Waals surface area contributed by atoms with Crippen molar-refractivity contribution in [1.82, 2.24) is 0 Å². The fourth-order valence-corrected chi connectivity index (χ4v) is 5.90. The van der Waals surface area contributed by atoms with Crippen LogP contribution < -0.4 is 0 Å². The highest BCUT2D eigenvalue weighted by atomic mass is 16.3. The molecule has 1 nitrogen and oxygen atoms in total. The van der Waals surface area contributed by atoms with Crippen LogP contribution in [-0.2, 0) is 0 Å². The van der Waals surface area contributed by atoms with Gasteiger partial charge in [0.2, 0.25) is 0 Å². The van der Waals surface area contributed by atoms with Crippen molar-refractivity contribution in [2.24, 2.45) is 22.7 Å². The van der Waals surface area contributed by atoms with Gasteiger partial charge in [-0.3, -0.25) is 0 Å². The van der Waals surface area contributed by atoms with Crippen LogP contribution in [0.15, 0.2) is 35.5 Å². The van der Waals surface area contributed by atoms with Gasteiger partial charge in [-0.25, -0.2) is 0 Å². The van der Waals surface area contributed by atoms with Crippen molar-refractivity contribution in [2.45, 2.75) is 64.9 Å². The van der Waals surface area contributed by atoms with Gasteiger partial charge in [0, 0.05) is 0 Å². The van der Waals surface area contributed by atoms with Gasteiger partial charge in [0.1, 0.15) is 0 Å². The highest BCUT2D eigenvalue weighted by Crippen LogP contribution is 2.64. The van der Waals surface area contributed by atoms with Gasteiger partial charge in [-0.2, -0.15) is 0 Å². The normalized spacial score (nSPS) is 48.9. The Morgan fingerprint density at radius 3 is 2.57 bits per heavy atom. The van der Waals surface area contributed by atoms with Crippen molar-refractivity contribution in [3.8, 4) is 0 Å². The standard InChI is InChI=1S/C20H28O/c1-13-4-7-17-16-6-5-14-12-15(21)8-10-20(14,3)18(16)9-11-19(13,17)2/h5-6,15,17-18,21H,1,4,7-12H2,2-3H3.